The third kappa shape index (κ3) is 2.38. The zero-order valence-electron chi connectivity index (χ0n) is 11.2. The second kappa shape index (κ2) is 4.45. The van der Waals surface area contributed by atoms with E-state index in [4.69, 9.17) is 0 Å². The number of hydrogen-bond acceptors (Lipinski definition) is 6. The summed E-state index contributed by atoms with van der Waals surface area (Å²) < 4.78 is 27.5. The van der Waals surface area contributed by atoms with Gasteiger partial charge in [-0.3, -0.25) is 0 Å². The Morgan fingerprint density at radius 1 is 1.39 bits per heavy atom. The third-order valence-electron chi connectivity index (χ3n) is 3.26. The smallest absolute Gasteiger partial charge is 0.205 e. The van der Waals surface area contributed by atoms with E-state index in [1.807, 2.05) is 4.90 Å². The zero-order valence-corrected chi connectivity index (χ0v) is 12.8. The van der Waals surface area contributed by atoms with Crippen LogP contribution in [0.4, 0.5) is 5.13 Å². The Labute approximate surface area is 112 Å². The highest BCUT2D eigenvalue weighted by molar-refractivity contribution is 7.92. The second-order valence-electron chi connectivity index (χ2n) is 5.59. The minimum Gasteiger partial charge on any atom is -0.344 e. The molecule has 5 nitrogen and oxygen atoms in total. The lowest BCUT2D eigenvalue weighted by Gasteiger charge is -2.37. The monoisotopic (exact) mass is 289 g/mol. The molecular weight excluding hydrogens is 270 g/mol. The van der Waals surface area contributed by atoms with Gasteiger partial charge in [0.15, 0.2) is 9.84 Å². The summed E-state index contributed by atoms with van der Waals surface area (Å²) in [7, 11) is -3.00. The summed E-state index contributed by atoms with van der Waals surface area (Å²) >= 11 is 1.36. The standard InChI is InChI=1S/C11H19N3O2S2/c1-8(2)9-12-10(17-13-9)14-5-6-18(15,16)11(3,4)7-14/h8H,5-7H2,1-4H3. The molecule has 1 aromatic rings. The van der Waals surface area contributed by atoms with Gasteiger partial charge in [0.2, 0.25) is 5.13 Å². The molecule has 1 saturated heterocycles. The molecule has 2 heterocycles. The number of aromatic nitrogens is 2. The van der Waals surface area contributed by atoms with Crippen molar-refractivity contribution in [3.63, 3.8) is 0 Å². The van der Waals surface area contributed by atoms with E-state index >= 15 is 0 Å². The fraction of sp³-hybridized carbons (Fsp3) is 0.818. The van der Waals surface area contributed by atoms with E-state index in [1.165, 1.54) is 11.5 Å². The van der Waals surface area contributed by atoms with E-state index in [9.17, 15) is 8.42 Å². The Morgan fingerprint density at radius 3 is 2.56 bits per heavy atom. The van der Waals surface area contributed by atoms with Crippen LogP contribution in [0.5, 0.6) is 0 Å². The molecule has 0 amide bonds. The highest BCUT2D eigenvalue weighted by Gasteiger charge is 2.40. The van der Waals surface area contributed by atoms with Gasteiger partial charge < -0.3 is 4.90 Å². The lowest BCUT2D eigenvalue weighted by molar-refractivity contribution is 0.522. The van der Waals surface area contributed by atoms with Crippen LogP contribution in [0, 0.1) is 0 Å². The molecule has 1 fully saturated rings. The van der Waals surface area contributed by atoms with E-state index in [0.717, 1.165) is 11.0 Å². The Kier molecular flexibility index (Phi) is 3.40. The summed E-state index contributed by atoms with van der Waals surface area (Å²) in [6.45, 7) is 8.66. The molecule has 0 N–H and O–H groups in total. The predicted octanol–water partition coefficient (Wildman–Crippen LogP) is 1.67. The van der Waals surface area contributed by atoms with Gasteiger partial charge in [-0.1, -0.05) is 13.8 Å². The maximum Gasteiger partial charge on any atom is 0.205 e. The number of anilines is 1. The van der Waals surface area contributed by atoms with Gasteiger partial charge in [0.25, 0.3) is 0 Å². The predicted molar refractivity (Wildman–Crippen MR) is 74.1 cm³/mol. The molecule has 0 aromatic carbocycles. The Balaban J connectivity index is 2.21. The lowest BCUT2D eigenvalue weighted by atomic mass is 10.2. The van der Waals surface area contributed by atoms with Crippen LogP contribution in [-0.2, 0) is 9.84 Å². The molecule has 0 radical (unpaired) electrons. The van der Waals surface area contributed by atoms with Crippen molar-refractivity contribution < 1.29 is 8.42 Å². The topological polar surface area (TPSA) is 63.2 Å². The molecule has 7 heteroatoms. The van der Waals surface area contributed by atoms with Crippen LogP contribution >= 0.6 is 11.5 Å². The molecule has 1 aliphatic heterocycles. The quantitative estimate of drug-likeness (QED) is 0.829. The van der Waals surface area contributed by atoms with Gasteiger partial charge in [0, 0.05) is 30.5 Å². The van der Waals surface area contributed by atoms with Crippen LogP contribution in [0.15, 0.2) is 0 Å². The van der Waals surface area contributed by atoms with Crippen LogP contribution in [0.2, 0.25) is 0 Å². The van der Waals surface area contributed by atoms with Crippen molar-refractivity contribution in [2.45, 2.75) is 38.4 Å². The van der Waals surface area contributed by atoms with Crippen LogP contribution in [-0.4, -0.2) is 41.4 Å². The molecule has 0 saturated carbocycles. The van der Waals surface area contributed by atoms with E-state index in [2.05, 4.69) is 23.2 Å². The molecule has 1 aliphatic rings. The Hall–Kier alpha value is -0.690. The highest BCUT2D eigenvalue weighted by atomic mass is 32.2. The van der Waals surface area contributed by atoms with Crippen LogP contribution in [0.1, 0.15) is 39.4 Å². The first-order valence-corrected chi connectivity index (χ1v) is 8.46. The number of hydrogen-bond donors (Lipinski definition) is 0. The van der Waals surface area contributed by atoms with Crippen molar-refractivity contribution in [1.82, 2.24) is 9.36 Å². The minimum atomic E-state index is -3.00. The number of nitrogens with zero attached hydrogens (tertiary/aromatic N) is 3. The molecule has 1 aromatic heterocycles. The normalized spacial score (nSPS) is 22.4. The number of rotatable bonds is 2. The molecule has 102 valence electrons. The van der Waals surface area contributed by atoms with Crippen molar-refractivity contribution in [2.24, 2.45) is 0 Å². The summed E-state index contributed by atoms with van der Waals surface area (Å²) in [5, 5.41) is 0.835. The lowest BCUT2D eigenvalue weighted by Crippen LogP contribution is -2.53. The number of sulfone groups is 1. The van der Waals surface area contributed by atoms with Crippen LogP contribution in [0.3, 0.4) is 0 Å². The largest absolute Gasteiger partial charge is 0.344 e. The highest BCUT2D eigenvalue weighted by Crippen LogP contribution is 2.29. The molecule has 0 atom stereocenters. The summed E-state index contributed by atoms with van der Waals surface area (Å²) in [5.41, 5.74) is 0. The van der Waals surface area contributed by atoms with Gasteiger partial charge in [-0.25, -0.2) is 13.4 Å². The van der Waals surface area contributed by atoms with E-state index < -0.39 is 14.6 Å². The van der Waals surface area contributed by atoms with Crippen LogP contribution < -0.4 is 4.90 Å². The van der Waals surface area contributed by atoms with Gasteiger partial charge in [-0.05, 0) is 13.8 Å². The second-order valence-corrected chi connectivity index (χ2v) is 9.06. The Morgan fingerprint density at radius 2 is 2.06 bits per heavy atom. The first-order chi connectivity index (χ1) is 8.23. The fourth-order valence-electron chi connectivity index (χ4n) is 1.90. The first-order valence-electron chi connectivity index (χ1n) is 6.04. The summed E-state index contributed by atoms with van der Waals surface area (Å²) in [6, 6.07) is 0. The molecular formula is C11H19N3O2S2. The van der Waals surface area contributed by atoms with Crippen molar-refractivity contribution in [3.8, 4) is 0 Å². The van der Waals surface area contributed by atoms with Gasteiger partial charge in [0.1, 0.15) is 5.82 Å². The van der Waals surface area contributed by atoms with E-state index in [-0.39, 0.29) is 5.75 Å². The Bertz CT molecular complexity index is 534. The molecule has 18 heavy (non-hydrogen) atoms. The zero-order chi connectivity index (χ0) is 13.6. The SMILES string of the molecule is CC(C)c1nsc(N2CCS(=O)(=O)C(C)(C)C2)n1. The third-order valence-corrected chi connectivity index (χ3v) is 6.59. The average molecular weight is 289 g/mol. The van der Waals surface area contributed by atoms with Gasteiger partial charge >= 0.3 is 0 Å². The molecule has 0 unspecified atom stereocenters. The van der Waals surface area contributed by atoms with Crippen molar-refractivity contribution in [1.29, 1.82) is 0 Å². The van der Waals surface area contributed by atoms with Crippen molar-refractivity contribution in [2.75, 3.05) is 23.7 Å². The van der Waals surface area contributed by atoms with Gasteiger partial charge in [0.05, 0.1) is 10.5 Å². The maximum absolute atomic E-state index is 11.9. The average Bonchev–Trinajstić information content (AvgIpc) is 2.71. The fourth-order valence-corrected chi connectivity index (χ4v) is 4.09. The summed E-state index contributed by atoms with van der Waals surface area (Å²) in [5.74, 6) is 1.33. The summed E-state index contributed by atoms with van der Waals surface area (Å²) in [4.78, 5) is 6.52. The van der Waals surface area contributed by atoms with Crippen molar-refractivity contribution in [3.05, 3.63) is 5.82 Å². The molecule has 0 bridgehead atoms. The van der Waals surface area contributed by atoms with E-state index in [0.29, 0.717) is 19.0 Å². The van der Waals surface area contributed by atoms with Gasteiger partial charge in [-0.15, -0.1) is 0 Å². The summed E-state index contributed by atoms with van der Waals surface area (Å²) in [6.07, 6.45) is 0. The van der Waals surface area contributed by atoms with Crippen molar-refractivity contribution >= 4 is 26.5 Å². The van der Waals surface area contributed by atoms with E-state index in [1.54, 1.807) is 13.8 Å². The van der Waals surface area contributed by atoms with Crippen LogP contribution in [0.25, 0.3) is 0 Å². The molecule has 0 aliphatic carbocycles. The van der Waals surface area contributed by atoms with Gasteiger partial charge in [-0.2, -0.15) is 4.37 Å². The molecule has 0 spiro atoms. The first kappa shape index (κ1) is 13.7. The minimum absolute atomic E-state index is 0.191. The maximum atomic E-state index is 11.9. The molecule has 2 rings (SSSR count).